The third-order valence-electron chi connectivity index (χ3n) is 2.04. The van der Waals surface area contributed by atoms with Crippen molar-refractivity contribution in [2.24, 2.45) is 5.92 Å². The Morgan fingerprint density at radius 2 is 2.38 bits per heavy atom. The van der Waals surface area contributed by atoms with E-state index in [-0.39, 0.29) is 11.7 Å². The highest BCUT2D eigenvalue weighted by molar-refractivity contribution is 5.89. The summed E-state index contributed by atoms with van der Waals surface area (Å²) >= 11 is 0. The summed E-state index contributed by atoms with van der Waals surface area (Å²) in [6.07, 6.45) is 2.27. The molecule has 1 fully saturated rings. The van der Waals surface area contributed by atoms with Crippen molar-refractivity contribution in [1.82, 2.24) is 9.78 Å². The SMILES string of the molecule is CC(=O)c1nn(CC2CC2)c(=O)o1. The van der Waals surface area contributed by atoms with Gasteiger partial charge in [-0.25, -0.2) is 4.79 Å². The normalized spacial score (nSPS) is 16.1. The molecule has 0 bridgehead atoms. The molecule has 1 saturated carbocycles. The Bertz CT molecular complexity index is 386. The highest BCUT2D eigenvalue weighted by Gasteiger charge is 2.24. The molecule has 0 radical (unpaired) electrons. The second-order valence-corrected chi connectivity index (χ2v) is 3.35. The molecule has 0 aliphatic heterocycles. The van der Waals surface area contributed by atoms with Gasteiger partial charge in [-0.3, -0.25) is 4.79 Å². The molecule has 13 heavy (non-hydrogen) atoms. The number of hydrogen-bond acceptors (Lipinski definition) is 4. The van der Waals surface area contributed by atoms with E-state index in [9.17, 15) is 9.59 Å². The number of aromatic nitrogens is 2. The molecule has 0 unspecified atom stereocenters. The monoisotopic (exact) mass is 182 g/mol. The number of carbonyl (C=O) groups excluding carboxylic acids is 1. The molecule has 0 amide bonds. The van der Waals surface area contributed by atoms with E-state index in [0.717, 1.165) is 12.8 Å². The van der Waals surface area contributed by atoms with Gasteiger partial charge in [0.05, 0.1) is 6.54 Å². The van der Waals surface area contributed by atoms with Crippen LogP contribution in [0.1, 0.15) is 30.5 Å². The van der Waals surface area contributed by atoms with Gasteiger partial charge in [-0.05, 0) is 18.8 Å². The van der Waals surface area contributed by atoms with Crippen LogP contribution in [0.3, 0.4) is 0 Å². The highest BCUT2D eigenvalue weighted by atomic mass is 16.4. The van der Waals surface area contributed by atoms with Crippen LogP contribution in [-0.2, 0) is 6.54 Å². The van der Waals surface area contributed by atoms with Gasteiger partial charge in [-0.2, -0.15) is 4.68 Å². The van der Waals surface area contributed by atoms with Crippen LogP contribution in [0.4, 0.5) is 0 Å². The smallest absolute Gasteiger partial charge is 0.384 e. The quantitative estimate of drug-likeness (QED) is 0.636. The van der Waals surface area contributed by atoms with Crippen molar-refractivity contribution in [2.75, 3.05) is 0 Å². The van der Waals surface area contributed by atoms with Crippen molar-refractivity contribution in [2.45, 2.75) is 26.3 Å². The largest absolute Gasteiger partial charge is 0.437 e. The summed E-state index contributed by atoms with van der Waals surface area (Å²) in [4.78, 5) is 21.9. The van der Waals surface area contributed by atoms with Gasteiger partial charge in [0.25, 0.3) is 5.89 Å². The average molecular weight is 182 g/mol. The first kappa shape index (κ1) is 8.22. The zero-order valence-corrected chi connectivity index (χ0v) is 7.32. The standard InChI is InChI=1S/C8H10N2O3/c1-5(11)7-9-10(8(12)13-7)4-6-2-3-6/h6H,2-4H2,1H3. The molecule has 1 aromatic rings. The molecule has 0 saturated heterocycles. The van der Waals surface area contributed by atoms with Crippen LogP contribution >= 0.6 is 0 Å². The lowest BCUT2D eigenvalue weighted by molar-refractivity contribution is 0.0979. The Kier molecular flexibility index (Phi) is 1.79. The van der Waals surface area contributed by atoms with Crippen molar-refractivity contribution in [3.05, 3.63) is 16.4 Å². The Hall–Kier alpha value is -1.39. The minimum atomic E-state index is -0.530. The molecule has 0 spiro atoms. The number of ketones is 1. The van der Waals surface area contributed by atoms with E-state index < -0.39 is 5.76 Å². The fraction of sp³-hybridized carbons (Fsp3) is 0.625. The summed E-state index contributed by atoms with van der Waals surface area (Å²) < 4.78 is 5.88. The minimum Gasteiger partial charge on any atom is -0.384 e. The molecule has 0 N–H and O–H groups in total. The van der Waals surface area contributed by atoms with Crippen molar-refractivity contribution < 1.29 is 9.21 Å². The minimum absolute atomic E-state index is 0.0920. The van der Waals surface area contributed by atoms with E-state index in [1.54, 1.807) is 0 Å². The lowest BCUT2D eigenvalue weighted by atomic mass is 10.4. The lowest BCUT2D eigenvalue weighted by Crippen LogP contribution is -2.16. The molecule has 0 aromatic carbocycles. The van der Waals surface area contributed by atoms with E-state index in [2.05, 4.69) is 9.52 Å². The maximum absolute atomic E-state index is 11.1. The zero-order chi connectivity index (χ0) is 9.42. The van der Waals surface area contributed by atoms with Gasteiger partial charge >= 0.3 is 5.76 Å². The first-order valence-electron chi connectivity index (χ1n) is 4.25. The van der Waals surface area contributed by atoms with Crippen molar-refractivity contribution in [1.29, 1.82) is 0 Å². The second-order valence-electron chi connectivity index (χ2n) is 3.35. The lowest BCUT2D eigenvalue weighted by Gasteiger charge is -1.91. The van der Waals surface area contributed by atoms with E-state index in [1.807, 2.05) is 0 Å². The van der Waals surface area contributed by atoms with Gasteiger partial charge in [0.2, 0.25) is 5.78 Å². The van der Waals surface area contributed by atoms with Gasteiger partial charge in [-0.15, -0.1) is 5.10 Å². The van der Waals surface area contributed by atoms with Crippen molar-refractivity contribution in [3.63, 3.8) is 0 Å². The molecule has 2 rings (SSSR count). The van der Waals surface area contributed by atoms with E-state index in [1.165, 1.54) is 11.6 Å². The van der Waals surface area contributed by atoms with Crippen LogP contribution in [0.25, 0.3) is 0 Å². The van der Waals surface area contributed by atoms with E-state index in [4.69, 9.17) is 0 Å². The molecule has 1 aliphatic carbocycles. The molecule has 1 aromatic heterocycles. The van der Waals surface area contributed by atoms with E-state index >= 15 is 0 Å². The van der Waals surface area contributed by atoms with Crippen LogP contribution in [0, 0.1) is 5.92 Å². The van der Waals surface area contributed by atoms with Gasteiger partial charge in [0.1, 0.15) is 0 Å². The van der Waals surface area contributed by atoms with Crippen LogP contribution in [0.15, 0.2) is 9.21 Å². The molecule has 1 heterocycles. The maximum atomic E-state index is 11.1. The Morgan fingerprint density at radius 3 is 2.85 bits per heavy atom. The topological polar surface area (TPSA) is 65.1 Å². The summed E-state index contributed by atoms with van der Waals surface area (Å²) in [5, 5.41) is 3.78. The summed E-state index contributed by atoms with van der Waals surface area (Å²) in [6.45, 7) is 1.91. The third-order valence-corrected chi connectivity index (χ3v) is 2.04. The van der Waals surface area contributed by atoms with Crippen LogP contribution in [-0.4, -0.2) is 15.6 Å². The Balaban J connectivity index is 2.24. The molecule has 5 nitrogen and oxygen atoms in total. The molecular weight excluding hydrogens is 172 g/mol. The van der Waals surface area contributed by atoms with Gasteiger partial charge in [0.15, 0.2) is 0 Å². The summed E-state index contributed by atoms with van der Waals surface area (Å²) in [6, 6.07) is 0. The zero-order valence-electron chi connectivity index (χ0n) is 7.32. The summed E-state index contributed by atoms with van der Waals surface area (Å²) in [7, 11) is 0. The summed E-state index contributed by atoms with van der Waals surface area (Å²) in [5.74, 6) is -0.392. The summed E-state index contributed by atoms with van der Waals surface area (Å²) in [5.41, 5.74) is 0. The van der Waals surface area contributed by atoms with Crippen molar-refractivity contribution in [3.8, 4) is 0 Å². The Labute approximate surface area is 74.4 Å². The highest BCUT2D eigenvalue weighted by Crippen LogP contribution is 2.29. The number of hydrogen-bond donors (Lipinski definition) is 0. The molecule has 1 aliphatic rings. The molecular formula is C8H10N2O3. The van der Waals surface area contributed by atoms with Gasteiger partial charge in [-0.1, -0.05) is 0 Å². The average Bonchev–Trinajstić information content (AvgIpc) is 2.78. The maximum Gasteiger partial charge on any atom is 0.437 e. The molecule has 0 atom stereocenters. The predicted molar refractivity (Wildman–Crippen MR) is 43.5 cm³/mol. The van der Waals surface area contributed by atoms with Crippen LogP contribution in [0.2, 0.25) is 0 Å². The van der Waals surface area contributed by atoms with Gasteiger partial charge in [0, 0.05) is 6.92 Å². The number of nitrogens with zero attached hydrogens (tertiary/aromatic N) is 2. The Morgan fingerprint density at radius 1 is 1.69 bits per heavy atom. The van der Waals surface area contributed by atoms with Crippen LogP contribution in [0.5, 0.6) is 0 Å². The molecule has 5 heteroatoms. The number of rotatable bonds is 3. The third kappa shape index (κ3) is 1.68. The molecule has 70 valence electrons. The fourth-order valence-corrected chi connectivity index (χ4v) is 1.11. The number of Topliss-reactive ketones (excluding diaryl/α,β-unsaturated/α-hetero) is 1. The van der Waals surface area contributed by atoms with Crippen LogP contribution < -0.4 is 5.76 Å². The first-order valence-corrected chi connectivity index (χ1v) is 4.25. The fourth-order valence-electron chi connectivity index (χ4n) is 1.11. The van der Waals surface area contributed by atoms with E-state index in [0.29, 0.717) is 12.5 Å². The number of carbonyl (C=O) groups is 1. The second kappa shape index (κ2) is 2.83. The predicted octanol–water partition coefficient (Wildman–Crippen LogP) is 0.449. The van der Waals surface area contributed by atoms with Crippen molar-refractivity contribution >= 4 is 5.78 Å². The van der Waals surface area contributed by atoms with Gasteiger partial charge < -0.3 is 4.42 Å². The first-order chi connectivity index (χ1) is 6.16.